The molecule has 2 rings (SSSR count). The number of carboxylic acids is 1. The van der Waals surface area contributed by atoms with Crippen LogP contribution in [0.4, 0.5) is 0 Å². The summed E-state index contributed by atoms with van der Waals surface area (Å²) in [5, 5.41) is 20.1. The van der Waals surface area contributed by atoms with Crippen molar-refractivity contribution in [2.45, 2.75) is 25.8 Å². The van der Waals surface area contributed by atoms with Crippen LogP contribution in [-0.2, 0) is 11.2 Å². The number of aliphatic carboxylic acids is 1. The Morgan fingerprint density at radius 2 is 1.65 bits per heavy atom. The van der Waals surface area contributed by atoms with Gasteiger partial charge in [-0.25, -0.2) is 0 Å². The number of carboxylic acid groups (broad SMARTS) is 1. The highest BCUT2D eigenvalue weighted by Gasteiger charge is 2.26. The molecule has 2 atom stereocenters. The van der Waals surface area contributed by atoms with Crippen LogP contribution in [0, 0.1) is 16.0 Å². The maximum Gasteiger partial charge on any atom is 0.306 e. The molecule has 2 aromatic carbocycles. The van der Waals surface area contributed by atoms with Crippen LogP contribution in [0.1, 0.15) is 18.9 Å². The van der Waals surface area contributed by atoms with Gasteiger partial charge in [0.15, 0.2) is 0 Å². The number of hydrogen-bond donors (Lipinski definition) is 1. The standard InChI is InChI=1S/C18H19NO4/c1-13(18(20)21)11-17(19(22)23)12-14-7-9-16(10-8-14)15-5-3-2-4-6-15/h2-10,13,17H,11-12H2,1H3,(H,20,21)/t13-,17+/m1/s1. The zero-order chi connectivity index (χ0) is 16.8. The van der Waals surface area contributed by atoms with E-state index in [1.807, 2.05) is 54.6 Å². The van der Waals surface area contributed by atoms with Gasteiger partial charge in [0, 0.05) is 17.8 Å². The van der Waals surface area contributed by atoms with Gasteiger partial charge in [-0.3, -0.25) is 14.9 Å². The van der Waals surface area contributed by atoms with E-state index < -0.39 is 17.9 Å². The third-order valence-electron chi connectivity index (χ3n) is 3.88. The lowest BCUT2D eigenvalue weighted by molar-refractivity contribution is -0.524. The fourth-order valence-electron chi connectivity index (χ4n) is 2.49. The van der Waals surface area contributed by atoms with Gasteiger partial charge >= 0.3 is 5.97 Å². The molecule has 5 heteroatoms. The van der Waals surface area contributed by atoms with E-state index in [1.165, 1.54) is 6.92 Å². The first-order valence-electron chi connectivity index (χ1n) is 7.48. The van der Waals surface area contributed by atoms with E-state index in [0.29, 0.717) is 0 Å². The minimum atomic E-state index is -1.00. The van der Waals surface area contributed by atoms with E-state index in [2.05, 4.69) is 0 Å². The summed E-state index contributed by atoms with van der Waals surface area (Å²) in [6, 6.07) is 16.6. The van der Waals surface area contributed by atoms with Crippen LogP contribution in [0.25, 0.3) is 11.1 Å². The summed E-state index contributed by atoms with van der Waals surface area (Å²) in [6.07, 6.45) is 0.266. The molecule has 0 heterocycles. The first-order valence-corrected chi connectivity index (χ1v) is 7.48. The summed E-state index contributed by atoms with van der Waals surface area (Å²) in [6.45, 7) is 1.50. The molecule has 5 nitrogen and oxygen atoms in total. The van der Waals surface area contributed by atoms with E-state index in [9.17, 15) is 14.9 Å². The fraction of sp³-hybridized carbons (Fsp3) is 0.278. The smallest absolute Gasteiger partial charge is 0.306 e. The number of nitro groups is 1. The maximum atomic E-state index is 11.2. The molecule has 0 unspecified atom stereocenters. The Balaban J connectivity index is 2.09. The molecule has 0 aromatic heterocycles. The van der Waals surface area contributed by atoms with Gasteiger partial charge in [0.05, 0.1) is 5.92 Å². The summed E-state index contributed by atoms with van der Waals surface area (Å²) in [5.74, 6) is -1.73. The lowest BCUT2D eigenvalue weighted by atomic mass is 9.95. The quantitative estimate of drug-likeness (QED) is 0.625. The molecule has 0 radical (unpaired) electrons. The van der Waals surface area contributed by atoms with Crippen molar-refractivity contribution in [2.75, 3.05) is 0 Å². The second-order valence-electron chi connectivity index (χ2n) is 5.68. The number of carbonyl (C=O) groups is 1. The van der Waals surface area contributed by atoms with Crippen molar-refractivity contribution in [1.29, 1.82) is 0 Å². The third-order valence-corrected chi connectivity index (χ3v) is 3.88. The molecule has 0 saturated heterocycles. The SMILES string of the molecule is C[C@H](C[C@@H](Cc1ccc(-c2ccccc2)cc1)[N+](=O)[O-])C(=O)O. The van der Waals surface area contributed by atoms with Crippen LogP contribution in [0.2, 0.25) is 0 Å². The van der Waals surface area contributed by atoms with Crippen LogP contribution in [0.15, 0.2) is 54.6 Å². The van der Waals surface area contributed by atoms with E-state index in [-0.39, 0.29) is 17.8 Å². The average Bonchev–Trinajstić information content (AvgIpc) is 2.55. The summed E-state index contributed by atoms with van der Waals surface area (Å²) < 4.78 is 0. The summed E-state index contributed by atoms with van der Waals surface area (Å²) in [5.41, 5.74) is 2.97. The molecule has 0 saturated carbocycles. The second-order valence-corrected chi connectivity index (χ2v) is 5.68. The van der Waals surface area contributed by atoms with Gasteiger partial charge in [-0.15, -0.1) is 0 Å². The topological polar surface area (TPSA) is 80.4 Å². The Hall–Kier alpha value is -2.69. The molecular formula is C18H19NO4. The molecule has 0 spiro atoms. The van der Waals surface area contributed by atoms with Crippen molar-refractivity contribution in [3.63, 3.8) is 0 Å². The predicted octanol–water partition coefficient (Wildman–Crippen LogP) is 3.65. The Morgan fingerprint density at radius 1 is 1.09 bits per heavy atom. The highest BCUT2D eigenvalue weighted by molar-refractivity contribution is 5.69. The minimum Gasteiger partial charge on any atom is -0.481 e. The zero-order valence-corrected chi connectivity index (χ0v) is 12.9. The van der Waals surface area contributed by atoms with Gasteiger partial charge in [0.2, 0.25) is 6.04 Å². The van der Waals surface area contributed by atoms with Gasteiger partial charge in [-0.05, 0) is 16.7 Å². The average molecular weight is 313 g/mol. The van der Waals surface area contributed by atoms with Crippen LogP contribution in [0.3, 0.4) is 0 Å². The molecule has 0 aliphatic rings. The van der Waals surface area contributed by atoms with Crippen molar-refractivity contribution in [3.05, 3.63) is 70.3 Å². The number of benzene rings is 2. The molecule has 2 aromatic rings. The third kappa shape index (κ3) is 4.64. The van der Waals surface area contributed by atoms with Crippen molar-refractivity contribution < 1.29 is 14.8 Å². The molecule has 23 heavy (non-hydrogen) atoms. The number of rotatable bonds is 7. The maximum absolute atomic E-state index is 11.2. The van der Waals surface area contributed by atoms with Crippen LogP contribution < -0.4 is 0 Å². The van der Waals surface area contributed by atoms with E-state index >= 15 is 0 Å². The van der Waals surface area contributed by atoms with E-state index in [1.54, 1.807) is 0 Å². The molecule has 0 bridgehead atoms. The Kier molecular flexibility index (Phi) is 5.46. The fourth-order valence-corrected chi connectivity index (χ4v) is 2.49. The first-order chi connectivity index (χ1) is 11.0. The molecule has 0 aliphatic heterocycles. The second kappa shape index (κ2) is 7.54. The Bertz CT molecular complexity index is 667. The summed E-state index contributed by atoms with van der Waals surface area (Å²) in [7, 11) is 0. The van der Waals surface area contributed by atoms with Crippen LogP contribution in [-0.4, -0.2) is 22.0 Å². The van der Waals surface area contributed by atoms with Crippen molar-refractivity contribution in [2.24, 2.45) is 5.92 Å². The molecule has 0 fully saturated rings. The lowest BCUT2D eigenvalue weighted by Crippen LogP contribution is -2.27. The first kappa shape index (κ1) is 16.7. The van der Waals surface area contributed by atoms with E-state index in [0.717, 1.165) is 16.7 Å². The van der Waals surface area contributed by atoms with Gasteiger partial charge < -0.3 is 5.11 Å². The summed E-state index contributed by atoms with van der Waals surface area (Å²) in [4.78, 5) is 21.7. The van der Waals surface area contributed by atoms with Gasteiger partial charge in [0.1, 0.15) is 0 Å². The predicted molar refractivity (Wildman–Crippen MR) is 87.8 cm³/mol. The van der Waals surface area contributed by atoms with Crippen LogP contribution in [0.5, 0.6) is 0 Å². The Labute approximate surface area is 134 Å². The van der Waals surface area contributed by atoms with Gasteiger partial charge in [0.25, 0.3) is 0 Å². The number of nitrogens with zero attached hydrogens (tertiary/aromatic N) is 1. The zero-order valence-electron chi connectivity index (χ0n) is 12.9. The van der Waals surface area contributed by atoms with Crippen molar-refractivity contribution in [1.82, 2.24) is 0 Å². The molecular weight excluding hydrogens is 294 g/mol. The van der Waals surface area contributed by atoms with Gasteiger partial charge in [-0.2, -0.15) is 0 Å². The highest BCUT2D eigenvalue weighted by Crippen LogP contribution is 2.21. The largest absolute Gasteiger partial charge is 0.481 e. The Morgan fingerprint density at radius 3 is 2.17 bits per heavy atom. The van der Waals surface area contributed by atoms with E-state index in [4.69, 9.17) is 5.11 Å². The minimum absolute atomic E-state index is 0.0305. The van der Waals surface area contributed by atoms with Crippen molar-refractivity contribution in [3.8, 4) is 11.1 Å². The normalized spacial score (nSPS) is 13.3. The lowest BCUT2D eigenvalue weighted by Gasteiger charge is -2.12. The van der Waals surface area contributed by atoms with Gasteiger partial charge in [-0.1, -0.05) is 61.5 Å². The number of hydrogen-bond acceptors (Lipinski definition) is 3. The highest BCUT2D eigenvalue weighted by atomic mass is 16.6. The molecule has 0 aliphatic carbocycles. The summed E-state index contributed by atoms with van der Waals surface area (Å²) >= 11 is 0. The van der Waals surface area contributed by atoms with Crippen molar-refractivity contribution >= 4 is 5.97 Å². The van der Waals surface area contributed by atoms with Crippen LogP contribution >= 0.6 is 0 Å². The monoisotopic (exact) mass is 313 g/mol. The molecule has 0 amide bonds. The molecule has 120 valence electrons. The molecule has 1 N–H and O–H groups in total.